The zero-order valence-electron chi connectivity index (χ0n) is 17.2. The molecule has 1 fully saturated rings. The van der Waals surface area contributed by atoms with Crippen LogP contribution in [0.15, 0.2) is 48.9 Å². The van der Waals surface area contributed by atoms with Gasteiger partial charge in [0.2, 0.25) is 0 Å². The SMILES string of the molecule is O=C(Nc1cncc(F)c1)N1c2nc(-c3ccnc(C(F)(F)F)c3)ccc2N2CCC[C@H]1C2. The van der Waals surface area contributed by atoms with Crippen LogP contribution in [0.4, 0.5) is 39.5 Å². The van der Waals surface area contributed by atoms with E-state index < -0.39 is 23.7 Å². The van der Waals surface area contributed by atoms with Crippen LogP contribution >= 0.6 is 0 Å². The Morgan fingerprint density at radius 1 is 1.15 bits per heavy atom. The van der Waals surface area contributed by atoms with Gasteiger partial charge in [0.1, 0.15) is 11.5 Å². The lowest BCUT2D eigenvalue weighted by Crippen LogP contribution is -2.56. The van der Waals surface area contributed by atoms with Crippen LogP contribution in [0.3, 0.4) is 0 Å². The lowest BCUT2D eigenvalue weighted by Gasteiger charge is -2.45. The molecule has 0 aliphatic carbocycles. The summed E-state index contributed by atoms with van der Waals surface area (Å²) in [7, 11) is 0. The normalized spacial score (nSPS) is 17.5. The van der Waals surface area contributed by atoms with Crippen molar-refractivity contribution in [3.63, 3.8) is 0 Å². The smallest absolute Gasteiger partial charge is 0.366 e. The van der Waals surface area contributed by atoms with E-state index in [0.717, 1.165) is 43.9 Å². The second-order valence-corrected chi connectivity index (χ2v) is 7.90. The number of urea groups is 1. The number of hydrogen-bond donors (Lipinski definition) is 1. The molecule has 2 aliphatic heterocycles. The Balaban J connectivity index is 1.55. The average Bonchev–Trinajstić information content (AvgIpc) is 2.78. The fraction of sp³-hybridized carbons (Fsp3) is 0.273. The van der Waals surface area contributed by atoms with Gasteiger partial charge in [0, 0.05) is 30.9 Å². The van der Waals surface area contributed by atoms with Crippen LogP contribution in [0.2, 0.25) is 0 Å². The Morgan fingerprint density at radius 2 is 2.00 bits per heavy atom. The molecule has 2 aliphatic rings. The second-order valence-electron chi connectivity index (χ2n) is 7.90. The molecule has 2 bridgehead atoms. The van der Waals surface area contributed by atoms with E-state index >= 15 is 0 Å². The van der Waals surface area contributed by atoms with Crippen LogP contribution in [0, 0.1) is 5.82 Å². The lowest BCUT2D eigenvalue weighted by atomic mass is 9.99. The summed E-state index contributed by atoms with van der Waals surface area (Å²) in [5.74, 6) is -0.245. The molecule has 1 atom stereocenters. The monoisotopic (exact) mass is 458 g/mol. The first kappa shape index (κ1) is 21.1. The predicted octanol–water partition coefficient (Wildman–Crippen LogP) is 4.72. The van der Waals surface area contributed by atoms with Crippen molar-refractivity contribution >= 4 is 23.2 Å². The Kier molecular flexibility index (Phi) is 5.10. The molecule has 0 saturated carbocycles. The number of carbonyl (C=O) groups excluding carboxylic acids is 1. The molecule has 33 heavy (non-hydrogen) atoms. The van der Waals surface area contributed by atoms with Crippen molar-refractivity contribution in [2.75, 3.05) is 28.2 Å². The van der Waals surface area contributed by atoms with Gasteiger partial charge in [-0.05, 0) is 37.1 Å². The minimum absolute atomic E-state index is 0.182. The molecule has 3 aromatic rings. The highest BCUT2D eigenvalue weighted by atomic mass is 19.4. The molecule has 2 amide bonds. The molecule has 7 nitrogen and oxygen atoms in total. The molecule has 0 unspecified atom stereocenters. The molecule has 1 saturated heterocycles. The molecular weight excluding hydrogens is 440 g/mol. The van der Waals surface area contributed by atoms with Gasteiger partial charge >= 0.3 is 12.2 Å². The average molecular weight is 458 g/mol. The number of pyridine rings is 3. The summed E-state index contributed by atoms with van der Waals surface area (Å²) in [5, 5.41) is 2.65. The van der Waals surface area contributed by atoms with Crippen molar-refractivity contribution in [3.8, 4) is 11.3 Å². The largest absolute Gasteiger partial charge is 0.433 e. The quantitative estimate of drug-likeness (QED) is 0.563. The van der Waals surface area contributed by atoms with Crippen molar-refractivity contribution in [1.29, 1.82) is 0 Å². The molecule has 5 rings (SSSR count). The molecule has 170 valence electrons. The van der Waals surface area contributed by atoms with Gasteiger partial charge in [0.05, 0.1) is 35.5 Å². The lowest BCUT2D eigenvalue weighted by molar-refractivity contribution is -0.141. The molecule has 0 radical (unpaired) electrons. The minimum atomic E-state index is -4.59. The summed E-state index contributed by atoms with van der Waals surface area (Å²) >= 11 is 0. The third-order valence-electron chi connectivity index (χ3n) is 5.71. The highest BCUT2D eigenvalue weighted by Crippen LogP contribution is 2.40. The molecule has 1 N–H and O–H groups in total. The maximum atomic E-state index is 13.5. The van der Waals surface area contributed by atoms with E-state index in [-0.39, 0.29) is 23.0 Å². The molecule has 0 aromatic carbocycles. The van der Waals surface area contributed by atoms with E-state index in [1.807, 2.05) is 0 Å². The van der Waals surface area contributed by atoms with E-state index in [1.165, 1.54) is 17.2 Å². The van der Waals surface area contributed by atoms with Crippen LogP contribution < -0.4 is 15.1 Å². The van der Waals surface area contributed by atoms with E-state index in [9.17, 15) is 22.4 Å². The van der Waals surface area contributed by atoms with Gasteiger partial charge in [-0.2, -0.15) is 13.2 Å². The van der Waals surface area contributed by atoms with E-state index in [0.29, 0.717) is 18.1 Å². The number of amides is 2. The van der Waals surface area contributed by atoms with Gasteiger partial charge in [-0.25, -0.2) is 14.2 Å². The van der Waals surface area contributed by atoms with Crippen LogP contribution in [-0.2, 0) is 6.18 Å². The first-order chi connectivity index (χ1) is 15.8. The number of alkyl halides is 3. The highest BCUT2D eigenvalue weighted by molar-refractivity contribution is 6.04. The highest BCUT2D eigenvalue weighted by Gasteiger charge is 2.38. The second kappa shape index (κ2) is 7.98. The number of anilines is 3. The zero-order chi connectivity index (χ0) is 23.2. The van der Waals surface area contributed by atoms with Crippen LogP contribution in [0.25, 0.3) is 11.3 Å². The third kappa shape index (κ3) is 4.06. The Labute approximate surface area is 186 Å². The van der Waals surface area contributed by atoms with Crippen molar-refractivity contribution in [1.82, 2.24) is 15.0 Å². The summed E-state index contributed by atoms with van der Waals surface area (Å²) in [6, 6.07) is 6.23. The predicted molar refractivity (Wildman–Crippen MR) is 113 cm³/mol. The number of carbonyl (C=O) groups is 1. The number of nitrogens with zero attached hydrogens (tertiary/aromatic N) is 5. The topological polar surface area (TPSA) is 74.2 Å². The number of hydrogen-bond acceptors (Lipinski definition) is 5. The van der Waals surface area contributed by atoms with Gasteiger partial charge in [-0.3, -0.25) is 14.9 Å². The van der Waals surface area contributed by atoms with E-state index in [4.69, 9.17) is 0 Å². The summed E-state index contributed by atoms with van der Waals surface area (Å²) < 4.78 is 52.9. The van der Waals surface area contributed by atoms with Gasteiger partial charge < -0.3 is 10.2 Å². The van der Waals surface area contributed by atoms with E-state index in [1.54, 1.807) is 12.1 Å². The van der Waals surface area contributed by atoms with Crippen LogP contribution in [0.1, 0.15) is 18.5 Å². The summed E-state index contributed by atoms with van der Waals surface area (Å²) in [5.41, 5.74) is 0.411. The number of rotatable bonds is 2. The standard InChI is InChI=1S/C22H18F4N6O/c23-14-9-15(11-27-10-14)29-21(33)32-16-2-1-7-31(12-16)18-4-3-17(30-20(18)32)13-5-6-28-19(8-13)22(24,25)26/h3-6,8-11,16H,1-2,7,12H2,(H,29,33)/t16-/m0/s1. The number of aromatic nitrogens is 3. The number of fused-ring (bicyclic) bond motifs is 4. The van der Waals surface area contributed by atoms with Crippen molar-refractivity contribution in [2.24, 2.45) is 0 Å². The minimum Gasteiger partial charge on any atom is -0.366 e. The molecule has 5 heterocycles. The first-order valence-corrected chi connectivity index (χ1v) is 10.3. The van der Waals surface area contributed by atoms with E-state index in [2.05, 4.69) is 25.2 Å². The number of halogens is 4. The molecule has 3 aromatic heterocycles. The Morgan fingerprint density at radius 3 is 2.79 bits per heavy atom. The Hall–Kier alpha value is -3.76. The number of piperidine rings is 1. The van der Waals surface area contributed by atoms with Gasteiger partial charge in [0.25, 0.3) is 0 Å². The van der Waals surface area contributed by atoms with Crippen molar-refractivity contribution in [3.05, 3.63) is 60.4 Å². The van der Waals surface area contributed by atoms with Crippen molar-refractivity contribution < 1.29 is 22.4 Å². The van der Waals surface area contributed by atoms with Crippen molar-refractivity contribution in [2.45, 2.75) is 25.1 Å². The summed E-state index contributed by atoms with van der Waals surface area (Å²) in [6.45, 7) is 1.40. The fourth-order valence-electron chi connectivity index (χ4n) is 4.25. The first-order valence-electron chi connectivity index (χ1n) is 10.3. The maximum absolute atomic E-state index is 13.5. The molecular formula is C22H18F4N6O. The summed E-state index contributed by atoms with van der Waals surface area (Å²) in [6.07, 6.45) is 0.471. The number of nitrogens with one attached hydrogen (secondary N) is 1. The fourth-order valence-corrected chi connectivity index (χ4v) is 4.25. The van der Waals surface area contributed by atoms with Gasteiger partial charge in [-0.15, -0.1) is 0 Å². The molecule has 11 heteroatoms. The van der Waals surface area contributed by atoms with Gasteiger partial charge in [-0.1, -0.05) is 0 Å². The molecule has 0 spiro atoms. The van der Waals surface area contributed by atoms with Gasteiger partial charge in [0.15, 0.2) is 5.82 Å². The Bertz CT molecular complexity index is 1220. The third-order valence-corrected chi connectivity index (χ3v) is 5.71. The van der Waals surface area contributed by atoms with Crippen LogP contribution in [-0.4, -0.2) is 40.1 Å². The zero-order valence-corrected chi connectivity index (χ0v) is 17.2. The maximum Gasteiger partial charge on any atom is 0.433 e. The van der Waals surface area contributed by atoms with Crippen LogP contribution in [0.5, 0.6) is 0 Å². The summed E-state index contributed by atoms with van der Waals surface area (Å²) in [4.78, 5) is 28.6.